The number of ketones is 1. The van der Waals surface area contributed by atoms with E-state index in [0.717, 1.165) is 5.56 Å². The minimum absolute atomic E-state index is 0.0252. The van der Waals surface area contributed by atoms with Crippen molar-refractivity contribution < 1.29 is 4.79 Å². The van der Waals surface area contributed by atoms with E-state index >= 15 is 0 Å². The first-order valence-corrected chi connectivity index (χ1v) is 4.06. The van der Waals surface area contributed by atoms with Crippen molar-refractivity contribution in [3.8, 4) is 0 Å². The second kappa shape index (κ2) is 4.24. The molecule has 12 heavy (non-hydrogen) atoms. The topological polar surface area (TPSA) is 43.1 Å². The molecule has 0 atom stereocenters. The van der Waals surface area contributed by atoms with Gasteiger partial charge >= 0.3 is 0 Å². The van der Waals surface area contributed by atoms with Crippen molar-refractivity contribution in [2.24, 2.45) is 5.73 Å². The van der Waals surface area contributed by atoms with Crippen molar-refractivity contribution >= 4 is 17.4 Å². The molecular formula is C9H10ClNO. The molecule has 1 aromatic carbocycles. The van der Waals surface area contributed by atoms with E-state index in [1.165, 1.54) is 0 Å². The third-order valence-electron chi connectivity index (χ3n) is 1.52. The Hall–Kier alpha value is -0.860. The maximum atomic E-state index is 10.9. The maximum Gasteiger partial charge on any atom is 0.150 e. The number of benzene rings is 1. The highest BCUT2D eigenvalue weighted by atomic mass is 35.5. The summed E-state index contributed by atoms with van der Waals surface area (Å²) in [6.45, 7) is 0.0898. The molecule has 0 radical (unpaired) electrons. The summed E-state index contributed by atoms with van der Waals surface area (Å²) in [5.41, 5.74) is 6.09. The van der Waals surface area contributed by atoms with Crippen LogP contribution < -0.4 is 5.73 Å². The molecule has 64 valence electrons. The van der Waals surface area contributed by atoms with Gasteiger partial charge in [-0.05, 0) is 17.7 Å². The zero-order valence-corrected chi connectivity index (χ0v) is 7.34. The van der Waals surface area contributed by atoms with Gasteiger partial charge in [0, 0.05) is 11.4 Å². The fourth-order valence-electron chi connectivity index (χ4n) is 0.947. The third kappa shape index (κ3) is 2.64. The molecule has 0 fully saturated rings. The van der Waals surface area contributed by atoms with Gasteiger partial charge in [0.1, 0.15) is 0 Å². The molecule has 3 heteroatoms. The summed E-state index contributed by atoms with van der Waals surface area (Å²) in [6.07, 6.45) is 0.372. The summed E-state index contributed by atoms with van der Waals surface area (Å²) in [7, 11) is 0. The molecule has 0 aliphatic heterocycles. The molecule has 0 saturated heterocycles. The first-order valence-electron chi connectivity index (χ1n) is 3.68. The summed E-state index contributed by atoms with van der Waals surface area (Å²) in [4.78, 5) is 10.9. The molecule has 2 nitrogen and oxygen atoms in total. The highest BCUT2D eigenvalue weighted by Gasteiger charge is 2.00. The zero-order valence-electron chi connectivity index (χ0n) is 6.59. The lowest BCUT2D eigenvalue weighted by Crippen LogP contribution is -2.15. The summed E-state index contributed by atoms with van der Waals surface area (Å²) < 4.78 is 0. The Bertz CT molecular complexity index is 286. The number of hydrogen-bond donors (Lipinski definition) is 1. The molecule has 0 spiro atoms. The molecule has 1 rings (SSSR count). The van der Waals surface area contributed by atoms with Crippen LogP contribution in [0.5, 0.6) is 0 Å². The Morgan fingerprint density at radius 3 is 2.83 bits per heavy atom. The number of halogens is 1. The van der Waals surface area contributed by atoms with Crippen LogP contribution in [0.1, 0.15) is 5.56 Å². The van der Waals surface area contributed by atoms with Crippen LogP contribution in [0.3, 0.4) is 0 Å². The molecule has 0 heterocycles. The van der Waals surface area contributed by atoms with Gasteiger partial charge in [0.2, 0.25) is 0 Å². The van der Waals surface area contributed by atoms with Gasteiger partial charge < -0.3 is 5.73 Å². The Balaban J connectivity index is 2.69. The van der Waals surface area contributed by atoms with E-state index in [4.69, 9.17) is 17.3 Å². The predicted octanol–water partition coefficient (Wildman–Crippen LogP) is 1.41. The number of carbonyl (C=O) groups excluding carboxylic acids is 1. The summed E-state index contributed by atoms with van der Waals surface area (Å²) in [5, 5.41) is 0.650. The molecule has 0 amide bonds. The third-order valence-corrected chi connectivity index (χ3v) is 1.75. The lowest BCUT2D eigenvalue weighted by atomic mass is 10.1. The minimum atomic E-state index is 0.0252. The van der Waals surface area contributed by atoms with Crippen molar-refractivity contribution in [2.75, 3.05) is 6.54 Å². The molecule has 0 aliphatic carbocycles. The number of nitrogens with two attached hydrogens (primary N) is 1. The van der Waals surface area contributed by atoms with Crippen LogP contribution in [0.4, 0.5) is 0 Å². The Labute approximate surface area is 76.3 Å². The molecule has 0 bridgehead atoms. The fourth-order valence-corrected chi connectivity index (χ4v) is 1.16. The van der Waals surface area contributed by atoms with Crippen LogP contribution in [-0.4, -0.2) is 12.3 Å². The van der Waals surface area contributed by atoms with Gasteiger partial charge in [0.25, 0.3) is 0 Å². The average molecular weight is 184 g/mol. The normalized spacial score (nSPS) is 9.83. The highest BCUT2D eigenvalue weighted by Crippen LogP contribution is 2.10. The van der Waals surface area contributed by atoms with E-state index in [1.54, 1.807) is 12.1 Å². The maximum absolute atomic E-state index is 10.9. The largest absolute Gasteiger partial charge is 0.324 e. The second-order valence-electron chi connectivity index (χ2n) is 2.55. The van der Waals surface area contributed by atoms with Crippen molar-refractivity contribution in [3.05, 3.63) is 34.9 Å². The zero-order chi connectivity index (χ0) is 8.97. The van der Waals surface area contributed by atoms with E-state index in [-0.39, 0.29) is 12.3 Å². The van der Waals surface area contributed by atoms with Crippen LogP contribution in [0.2, 0.25) is 5.02 Å². The molecular weight excluding hydrogens is 174 g/mol. The number of hydrogen-bond acceptors (Lipinski definition) is 2. The monoisotopic (exact) mass is 183 g/mol. The molecule has 0 aromatic heterocycles. The van der Waals surface area contributed by atoms with E-state index < -0.39 is 0 Å². The van der Waals surface area contributed by atoms with Crippen molar-refractivity contribution in [1.29, 1.82) is 0 Å². The number of rotatable bonds is 3. The Kier molecular flexibility index (Phi) is 3.26. The van der Waals surface area contributed by atoms with Gasteiger partial charge in [-0.15, -0.1) is 0 Å². The Morgan fingerprint density at radius 2 is 2.25 bits per heavy atom. The van der Waals surface area contributed by atoms with Crippen LogP contribution in [-0.2, 0) is 11.2 Å². The smallest absolute Gasteiger partial charge is 0.150 e. The SMILES string of the molecule is NCC(=O)Cc1cccc(Cl)c1. The quantitative estimate of drug-likeness (QED) is 0.770. The summed E-state index contributed by atoms with van der Waals surface area (Å²) in [5.74, 6) is 0.0252. The van der Waals surface area contributed by atoms with Gasteiger partial charge in [-0.25, -0.2) is 0 Å². The minimum Gasteiger partial charge on any atom is -0.324 e. The van der Waals surface area contributed by atoms with Crippen LogP contribution >= 0.6 is 11.6 Å². The fraction of sp³-hybridized carbons (Fsp3) is 0.222. The first-order chi connectivity index (χ1) is 5.72. The van der Waals surface area contributed by atoms with Gasteiger partial charge in [-0.3, -0.25) is 4.79 Å². The summed E-state index contributed by atoms with van der Waals surface area (Å²) in [6, 6.07) is 7.23. The van der Waals surface area contributed by atoms with Crippen LogP contribution in [0.25, 0.3) is 0 Å². The van der Waals surface area contributed by atoms with Gasteiger partial charge in [0.05, 0.1) is 6.54 Å². The lowest BCUT2D eigenvalue weighted by molar-refractivity contribution is -0.117. The molecule has 0 saturated carbocycles. The summed E-state index contributed by atoms with van der Waals surface area (Å²) >= 11 is 5.73. The standard InChI is InChI=1S/C9H10ClNO/c10-8-3-1-2-7(4-8)5-9(12)6-11/h1-4H,5-6,11H2. The molecule has 0 unspecified atom stereocenters. The lowest BCUT2D eigenvalue weighted by Gasteiger charge is -1.98. The van der Waals surface area contributed by atoms with Gasteiger partial charge in [-0.2, -0.15) is 0 Å². The highest BCUT2D eigenvalue weighted by molar-refractivity contribution is 6.30. The van der Waals surface area contributed by atoms with E-state index in [9.17, 15) is 4.79 Å². The van der Waals surface area contributed by atoms with Crippen LogP contribution in [0.15, 0.2) is 24.3 Å². The molecule has 2 N–H and O–H groups in total. The number of carbonyl (C=O) groups is 1. The van der Waals surface area contributed by atoms with Gasteiger partial charge in [-0.1, -0.05) is 23.7 Å². The average Bonchev–Trinajstić information content (AvgIpc) is 2.04. The van der Waals surface area contributed by atoms with Crippen molar-refractivity contribution in [1.82, 2.24) is 0 Å². The van der Waals surface area contributed by atoms with Crippen molar-refractivity contribution in [2.45, 2.75) is 6.42 Å². The van der Waals surface area contributed by atoms with Crippen LogP contribution in [0, 0.1) is 0 Å². The van der Waals surface area contributed by atoms with E-state index in [2.05, 4.69) is 0 Å². The first kappa shape index (κ1) is 9.23. The van der Waals surface area contributed by atoms with E-state index in [1.807, 2.05) is 12.1 Å². The van der Waals surface area contributed by atoms with Gasteiger partial charge in [0.15, 0.2) is 5.78 Å². The predicted molar refractivity (Wildman–Crippen MR) is 49.2 cm³/mol. The van der Waals surface area contributed by atoms with Crippen molar-refractivity contribution in [3.63, 3.8) is 0 Å². The Morgan fingerprint density at radius 1 is 1.50 bits per heavy atom. The number of Topliss-reactive ketones (excluding diaryl/α,β-unsaturated/α-hetero) is 1. The molecule has 0 aliphatic rings. The second-order valence-corrected chi connectivity index (χ2v) is 2.99. The van der Waals surface area contributed by atoms with E-state index in [0.29, 0.717) is 11.4 Å². The molecule has 1 aromatic rings.